The molecule has 0 saturated heterocycles. The fraction of sp³-hybridized carbons (Fsp3) is 0.310. The smallest absolute Gasteiger partial charge is 0.173 e. The minimum absolute atomic E-state index is 0.506. The Labute approximate surface area is 201 Å². The zero-order valence-corrected chi connectivity index (χ0v) is 20.4. The zero-order valence-electron chi connectivity index (χ0n) is 20.4. The lowest BCUT2D eigenvalue weighted by atomic mass is 9.80. The summed E-state index contributed by atoms with van der Waals surface area (Å²) < 4.78 is 17.4. The molecule has 5 heteroatoms. The molecule has 0 aliphatic carbocycles. The Morgan fingerprint density at radius 1 is 0.765 bits per heavy atom. The molecule has 0 bridgehead atoms. The predicted molar refractivity (Wildman–Crippen MR) is 133 cm³/mol. The molecule has 178 valence electrons. The third kappa shape index (κ3) is 5.02. The highest BCUT2D eigenvalue weighted by atomic mass is 16.5. The number of hydrogen-bond acceptors (Lipinski definition) is 5. The summed E-state index contributed by atoms with van der Waals surface area (Å²) in [6.07, 6.45) is 0. The van der Waals surface area contributed by atoms with E-state index in [-0.39, 0.29) is 0 Å². The van der Waals surface area contributed by atoms with Gasteiger partial charge < -0.3 is 18.7 Å². The van der Waals surface area contributed by atoms with Gasteiger partial charge >= 0.3 is 0 Å². The summed E-state index contributed by atoms with van der Waals surface area (Å²) in [5, 5.41) is 12.3. The molecule has 34 heavy (non-hydrogen) atoms. The molecule has 4 rings (SSSR count). The van der Waals surface area contributed by atoms with E-state index in [1.54, 1.807) is 7.11 Å². The van der Waals surface area contributed by atoms with Crippen molar-refractivity contribution in [2.75, 3.05) is 20.3 Å². The summed E-state index contributed by atoms with van der Waals surface area (Å²) >= 11 is 0. The molecule has 0 saturated carbocycles. The average Bonchev–Trinajstić information content (AvgIpc) is 3.46. The van der Waals surface area contributed by atoms with E-state index in [1.165, 1.54) is 0 Å². The van der Waals surface area contributed by atoms with Crippen LogP contribution in [0.25, 0.3) is 0 Å². The minimum atomic E-state index is -1.40. The topological polar surface area (TPSA) is 59.0 Å². The van der Waals surface area contributed by atoms with E-state index in [1.807, 2.05) is 93.6 Å². The summed E-state index contributed by atoms with van der Waals surface area (Å²) in [5.41, 5.74) is 2.23. The van der Waals surface area contributed by atoms with Gasteiger partial charge in [0.25, 0.3) is 0 Å². The normalized spacial score (nSPS) is 11.9. The standard InChI is InChI=1S/C29H33NO4/c1-21-9-5-7-11-26(21)29(31,27-12-8-6-10-22(27)2)28-16-15-25(34-28)20-30(17-18-32-4)19-24-14-13-23(3)33-24/h5-16,31H,17-20H2,1-4H3. The Morgan fingerprint density at radius 2 is 1.32 bits per heavy atom. The van der Waals surface area contributed by atoms with Crippen LogP contribution in [0, 0.1) is 20.8 Å². The highest BCUT2D eigenvalue weighted by Gasteiger charge is 2.39. The average molecular weight is 460 g/mol. The van der Waals surface area contributed by atoms with Crippen LogP contribution in [-0.2, 0) is 23.4 Å². The van der Waals surface area contributed by atoms with Crippen molar-refractivity contribution in [2.45, 2.75) is 39.5 Å². The molecule has 0 amide bonds. The first kappa shape index (κ1) is 24.0. The number of ether oxygens (including phenoxy) is 1. The van der Waals surface area contributed by atoms with Gasteiger partial charge in [0.2, 0.25) is 0 Å². The van der Waals surface area contributed by atoms with Crippen molar-refractivity contribution in [2.24, 2.45) is 0 Å². The van der Waals surface area contributed by atoms with E-state index >= 15 is 0 Å². The van der Waals surface area contributed by atoms with Crippen LogP contribution < -0.4 is 0 Å². The molecule has 0 aliphatic rings. The fourth-order valence-corrected chi connectivity index (χ4v) is 4.47. The molecule has 0 aliphatic heterocycles. The third-order valence-corrected chi connectivity index (χ3v) is 6.25. The van der Waals surface area contributed by atoms with E-state index in [2.05, 4.69) is 4.90 Å². The third-order valence-electron chi connectivity index (χ3n) is 6.25. The maximum atomic E-state index is 12.3. The van der Waals surface area contributed by atoms with E-state index < -0.39 is 5.60 Å². The highest BCUT2D eigenvalue weighted by molar-refractivity contribution is 5.49. The minimum Gasteiger partial charge on any atom is -0.465 e. The number of methoxy groups -OCH3 is 1. The number of furan rings is 2. The molecule has 0 radical (unpaired) electrons. The lowest BCUT2D eigenvalue weighted by Crippen LogP contribution is -2.30. The van der Waals surface area contributed by atoms with Crippen LogP contribution >= 0.6 is 0 Å². The Morgan fingerprint density at radius 3 is 1.85 bits per heavy atom. The van der Waals surface area contributed by atoms with E-state index in [0.29, 0.717) is 25.5 Å². The lowest BCUT2D eigenvalue weighted by Gasteiger charge is -2.30. The zero-order chi connectivity index (χ0) is 24.1. The lowest BCUT2D eigenvalue weighted by molar-refractivity contribution is 0.0914. The molecule has 1 N–H and O–H groups in total. The number of benzene rings is 2. The molecule has 2 heterocycles. The Hall–Kier alpha value is -3.12. The molecule has 0 fully saturated rings. The maximum absolute atomic E-state index is 12.3. The molecule has 5 nitrogen and oxygen atoms in total. The van der Waals surface area contributed by atoms with Crippen molar-refractivity contribution in [3.8, 4) is 0 Å². The second kappa shape index (κ2) is 10.4. The van der Waals surface area contributed by atoms with Crippen LogP contribution in [0.2, 0.25) is 0 Å². The van der Waals surface area contributed by atoms with Crippen LogP contribution in [0.4, 0.5) is 0 Å². The van der Waals surface area contributed by atoms with Crippen LogP contribution in [0.3, 0.4) is 0 Å². The first-order valence-corrected chi connectivity index (χ1v) is 11.6. The van der Waals surface area contributed by atoms with Crippen LogP contribution in [0.15, 0.2) is 81.6 Å². The first-order chi connectivity index (χ1) is 16.4. The van der Waals surface area contributed by atoms with E-state index in [0.717, 1.165) is 46.1 Å². The Bertz CT molecular complexity index is 1180. The quantitative estimate of drug-likeness (QED) is 0.328. The highest BCUT2D eigenvalue weighted by Crippen LogP contribution is 2.40. The van der Waals surface area contributed by atoms with Crippen molar-refractivity contribution in [3.05, 3.63) is 118 Å². The predicted octanol–water partition coefficient (Wildman–Crippen LogP) is 5.73. The molecule has 4 aromatic rings. The molecule has 0 spiro atoms. The van der Waals surface area contributed by atoms with Crippen molar-refractivity contribution >= 4 is 0 Å². The van der Waals surface area contributed by atoms with Gasteiger partial charge in [0.05, 0.1) is 19.7 Å². The number of nitrogens with zero attached hydrogens (tertiary/aromatic N) is 1. The van der Waals surface area contributed by atoms with Crippen molar-refractivity contribution in [1.29, 1.82) is 0 Å². The summed E-state index contributed by atoms with van der Waals surface area (Å²) in [7, 11) is 1.70. The van der Waals surface area contributed by atoms with Crippen molar-refractivity contribution < 1.29 is 18.7 Å². The van der Waals surface area contributed by atoms with Gasteiger partial charge in [-0.25, -0.2) is 0 Å². The molecule has 0 atom stereocenters. The SMILES string of the molecule is COCCN(Cc1ccc(C)o1)Cc1ccc(C(O)(c2ccccc2C)c2ccccc2C)o1. The van der Waals surface area contributed by atoms with Crippen molar-refractivity contribution in [1.82, 2.24) is 4.90 Å². The Balaban J connectivity index is 1.68. The number of aliphatic hydroxyl groups is 1. The van der Waals surface area contributed by atoms with Crippen LogP contribution in [-0.4, -0.2) is 30.3 Å². The summed E-state index contributed by atoms with van der Waals surface area (Å²) in [6, 6.07) is 23.6. The van der Waals surface area contributed by atoms with Crippen molar-refractivity contribution in [3.63, 3.8) is 0 Å². The summed E-state index contributed by atoms with van der Waals surface area (Å²) in [5.74, 6) is 3.07. The van der Waals surface area contributed by atoms with Gasteiger partial charge in [-0.05, 0) is 67.3 Å². The van der Waals surface area contributed by atoms with Gasteiger partial charge in [-0.3, -0.25) is 4.90 Å². The number of rotatable bonds is 10. The molecular weight excluding hydrogens is 426 g/mol. The van der Waals surface area contributed by atoms with Crippen LogP contribution in [0.5, 0.6) is 0 Å². The fourth-order valence-electron chi connectivity index (χ4n) is 4.47. The largest absolute Gasteiger partial charge is 0.465 e. The molecular formula is C29H33NO4. The molecule has 2 aromatic heterocycles. The van der Waals surface area contributed by atoms with Gasteiger partial charge in [-0.15, -0.1) is 0 Å². The van der Waals surface area contributed by atoms with Gasteiger partial charge in [-0.2, -0.15) is 0 Å². The maximum Gasteiger partial charge on any atom is 0.173 e. The van der Waals surface area contributed by atoms with Gasteiger partial charge in [0, 0.05) is 13.7 Å². The van der Waals surface area contributed by atoms with Gasteiger partial charge in [0.15, 0.2) is 5.60 Å². The summed E-state index contributed by atoms with van der Waals surface area (Å²) in [6.45, 7) is 8.52. The number of hydrogen-bond donors (Lipinski definition) is 1. The second-order valence-corrected chi connectivity index (χ2v) is 8.82. The first-order valence-electron chi connectivity index (χ1n) is 11.6. The van der Waals surface area contributed by atoms with Crippen LogP contribution in [0.1, 0.15) is 45.3 Å². The number of aryl methyl sites for hydroxylation is 3. The molecule has 0 unspecified atom stereocenters. The Kier molecular flexibility index (Phi) is 7.37. The van der Waals surface area contributed by atoms with Gasteiger partial charge in [-0.1, -0.05) is 48.5 Å². The second-order valence-electron chi connectivity index (χ2n) is 8.82. The molecule has 2 aromatic carbocycles. The monoisotopic (exact) mass is 459 g/mol. The van der Waals surface area contributed by atoms with Gasteiger partial charge in [0.1, 0.15) is 23.0 Å². The van der Waals surface area contributed by atoms with E-state index in [4.69, 9.17) is 13.6 Å². The summed E-state index contributed by atoms with van der Waals surface area (Å²) in [4.78, 5) is 2.21. The van der Waals surface area contributed by atoms with E-state index in [9.17, 15) is 5.11 Å².